The Kier molecular flexibility index (Phi) is 3.89. The molecule has 0 aliphatic heterocycles. The first-order valence-corrected chi connectivity index (χ1v) is 6.91. The number of para-hydroxylation sites is 1. The molecule has 0 saturated carbocycles. The number of anilines is 1. The zero-order valence-electron chi connectivity index (χ0n) is 12.3. The monoisotopic (exact) mass is 313 g/mol. The molecule has 6 heteroatoms. The molecule has 2 aromatic carbocycles. The Morgan fingerprint density at radius 1 is 1.04 bits per heavy atom. The third-order valence-corrected chi connectivity index (χ3v) is 3.38. The number of aryl methyl sites for hydroxylation is 1. The molecule has 0 fully saturated rings. The Morgan fingerprint density at radius 3 is 2.39 bits per heavy atom. The van der Waals surface area contributed by atoms with Crippen LogP contribution in [0.3, 0.4) is 0 Å². The van der Waals surface area contributed by atoms with E-state index in [1.54, 1.807) is 31.3 Å². The van der Waals surface area contributed by atoms with E-state index in [1.165, 1.54) is 35.0 Å². The van der Waals surface area contributed by atoms with Crippen LogP contribution < -0.4 is 5.32 Å². The lowest BCUT2D eigenvalue weighted by molar-refractivity contribution is 0.101. The summed E-state index contributed by atoms with van der Waals surface area (Å²) < 4.78 is 28.8. The largest absolute Gasteiger partial charge is 0.318 e. The van der Waals surface area contributed by atoms with E-state index in [1.807, 2.05) is 0 Å². The number of hydrogen-bond acceptors (Lipinski definition) is 2. The summed E-state index contributed by atoms with van der Waals surface area (Å²) in [5.74, 6) is -1.48. The smallest absolute Gasteiger partial charge is 0.274 e. The molecule has 0 bridgehead atoms. The number of hydrogen-bond donors (Lipinski definition) is 1. The van der Waals surface area contributed by atoms with Crippen LogP contribution >= 0.6 is 0 Å². The molecule has 23 heavy (non-hydrogen) atoms. The Morgan fingerprint density at radius 2 is 1.70 bits per heavy atom. The second kappa shape index (κ2) is 6.00. The van der Waals surface area contributed by atoms with Crippen molar-refractivity contribution < 1.29 is 13.6 Å². The van der Waals surface area contributed by atoms with Crippen molar-refractivity contribution in [3.63, 3.8) is 0 Å². The van der Waals surface area contributed by atoms with Gasteiger partial charge < -0.3 is 5.32 Å². The van der Waals surface area contributed by atoms with E-state index in [9.17, 15) is 13.6 Å². The van der Waals surface area contributed by atoms with Crippen molar-refractivity contribution >= 4 is 11.6 Å². The van der Waals surface area contributed by atoms with Gasteiger partial charge in [0.1, 0.15) is 17.3 Å². The van der Waals surface area contributed by atoms with Gasteiger partial charge in [0.15, 0.2) is 0 Å². The van der Waals surface area contributed by atoms with Gasteiger partial charge in [-0.3, -0.25) is 9.48 Å². The van der Waals surface area contributed by atoms with E-state index in [0.717, 1.165) is 0 Å². The molecule has 0 radical (unpaired) electrons. The molecular formula is C17H13F2N3O. The minimum Gasteiger partial charge on any atom is -0.318 e. The predicted molar refractivity (Wildman–Crippen MR) is 83.0 cm³/mol. The molecule has 3 rings (SSSR count). The second-order valence-electron chi connectivity index (χ2n) is 4.95. The molecule has 0 aliphatic rings. The van der Waals surface area contributed by atoms with Gasteiger partial charge in [0.2, 0.25) is 0 Å². The first kappa shape index (κ1) is 14.9. The van der Waals surface area contributed by atoms with Gasteiger partial charge in [-0.05, 0) is 30.3 Å². The predicted octanol–water partition coefficient (Wildman–Crippen LogP) is 3.62. The number of rotatable bonds is 3. The third kappa shape index (κ3) is 2.96. The quantitative estimate of drug-likeness (QED) is 0.803. The van der Waals surface area contributed by atoms with Crippen molar-refractivity contribution in [2.75, 3.05) is 5.32 Å². The molecule has 1 N–H and O–H groups in total. The average molecular weight is 313 g/mol. The van der Waals surface area contributed by atoms with Crippen molar-refractivity contribution in [2.45, 2.75) is 0 Å². The minimum absolute atomic E-state index is 0.0751. The molecular weight excluding hydrogens is 300 g/mol. The van der Waals surface area contributed by atoms with Gasteiger partial charge >= 0.3 is 0 Å². The van der Waals surface area contributed by atoms with E-state index in [4.69, 9.17) is 0 Å². The highest BCUT2D eigenvalue weighted by Gasteiger charge is 2.17. The van der Waals surface area contributed by atoms with Crippen LogP contribution in [-0.2, 0) is 7.05 Å². The van der Waals surface area contributed by atoms with Crippen molar-refractivity contribution in [2.24, 2.45) is 7.05 Å². The van der Waals surface area contributed by atoms with E-state index in [2.05, 4.69) is 10.4 Å². The van der Waals surface area contributed by atoms with Crippen LogP contribution in [0.15, 0.2) is 54.6 Å². The number of carbonyl (C=O) groups excluding carboxylic acids is 1. The third-order valence-electron chi connectivity index (χ3n) is 3.38. The summed E-state index contributed by atoms with van der Waals surface area (Å²) in [4.78, 5) is 12.3. The molecule has 0 atom stereocenters. The number of aromatic nitrogens is 2. The topological polar surface area (TPSA) is 46.9 Å². The van der Waals surface area contributed by atoms with Crippen molar-refractivity contribution in [1.82, 2.24) is 9.78 Å². The molecule has 1 aromatic heterocycles. The van der Waals surface area contributed by atoms with Gasteiger partial charge in [0.25, 0.3) is 5.91 Å². The SMILES string of the molecule is Cn1nc(-c2ccccc2F)cc1C(=O)Nc1ccccc1F. The van der Waals surface area contributed by atoms with E-state index in [0.29, 0.717) is 11.3 Å². The summed E-state index contributed by atoms with van der Waals surface area (Å²) >= 11 is 0. The fourth-order valence-electron chi connectivity index (χ4n) is 2.23. The Hall–Kier alpha value is -3.02. The van der Waals surface area contributed by atoms with Crippen LogP contribution in [0.2, 0.25) is 0 Å². The zero-order valence-corrected chi connectivity index (χ0v) is 12.3. The number of halogens is 2. The molecule has 0 aliphatic carbocycles. The highest BCUT2D eigenvalue weighted by atomic mass is 19.1. The van der Waals surface area contributed by atoms with E-state index in [-0.39, 0.29) is 11.4 Å². The fourth-order valence-corrected chi connectivity index (χ4v) is 2.23. The fraction of sp³-hybridized carbons (Fsp3) is 0.0588. The number of amides is 1. The van der Waals surface area contributed by atoms with Gasteiger partial charge in [-0.1, -0.05) is 24.3 Å². The van der Waals surface area contributed by atoms with Crippen LogP contribution in [0.25, 0.3) is 11.3 Å². The van der Waals surface area contributed by atoms with Gasteiger partial charge in [-0.15, -0.1) is 0 Å². The van der Waals surface area contributed by atoms with Crippen LogP contribution in [0.4, 0.5) is 14.5 Å². The van der Waals surface area contributed by atoms with Crippen molar-refractivity contribution in [1.29, 1.82) is 0 Å². The maximum atomic E-state index is 13.8. The van der Waals surface area contributed by atoms with Gasteiger partial charge in [-0.25, -0.2) is 8.78 Å². The molecule has 0 saturated heterocycles. The van der Waals surface area contributed by atoms with Gasteiger partial charge in [0, 0.05) is 12.6 Å². The highest BCUT2D eigenvalue weighted by Crippen LogP contribution is 2.22. The van der Waals surface area contributed by atoms with Crippen LogP contribution in [-0.4, -0.2) is 15.7 Å². The molecule has 1 heterocycles. The maximum absolute atomic E-state index is 13.8. The maximum Gasteiger partial charge on any atom is 0.274 e. The van der Waals surface area contributed by atoms with Gasteiger partial charge in [0.05, 0.1) is 11.4 Å². The second-order valence-corrected chi connectivity index (χ2v) is 4.95. The summed E-state index contributed by atoms with van der Waals surface area (Å²) in [6.45, 7) is 0. The Balaban J connectivity index is 1.91. The van der Waals surface area contributed by atoms with E-state index < -0.39 is 17.5 Å². The number of nitrogens with one attached hydrogen (secondary N) is 1. The highest BCUT2D eigenvalue weighted by molar-refractivity contribution is 6.03. The Labute approximate surface area is 131 Å². The first-order chi connectivity index (χ1) is 11.1. The minimum atomic E-state index is -0.530. The first-order valence-electron chi connectivity index (χ1n) is 6.91. The summed E-state index contributed by atoms with van der Waals surface area (Å²) in [6, 6.07) is 13.5. The normalized spacial score (nSPS) is 10.6. The number of benzene rings is 2. The molecule has 116 valence electrons. The molecule has 0 spiro atoms. The lowest BCUT2D eigenvalue weighted by atomic mass is 10.1. The molecule has 4 nitrogen and oxygen atoms in total. The molecule has 1 amide bonds. The van der Waals surface area contributed by atoms with Crippen LogP contribution in [0.5, 0.6) is 0 Å². The van der Waals surface area contributed by atoms with Crippen molar-refractivity contribution in [3.8, 4) is 11.3 Å². The lowest BCUT2D eigenvalue weighted by Gasteiger charge is -2.05. The molecule has 0 unspecified atom stereocenters. The summed E-state index contributed by atoms with van der Waals surface area (Å²) in [5, 5.41) is 6.63. The van der Waals surface area contributed by atoms with E-state index >= 15 is 0 Å². The standard InChI is InChI=1S/C17H13F2N3O/c1-22-16(17(23)20-14-9-5-4-8-13(14)19)10-15(21-22)11-6-2-3-7-12(11)18/h2-10H,1H3,(H,20,23). The van der Waals surface area contributed by atoms with Crippen LogP contribution in [0, 0.1) is 11.6 Å². The van der Waals surface area contributed by atoms with Gasteiger partial charge in [-0.2, -0.15) is 5.10 Å². The van der Waals surface area contributed by atoms with Crippen molar-refractivity contribution in [3.05, 3.63) is 71.9 Å². The lowest BCUT2D eigenvalue weighted by Crippen LogP contribution is -2.16. The van der Waals surface area contributed by atoms with Crippen LogP contribution in [0.1, 0.15) is 10.5 Å². The zero-order chi connectivity index (χ0) is 16.4. The number of carbonyl (C=O) groups is 1. The average Bonchev–Trinajstić information content (AvgIpc) is 2.92. The molecule has 3 aromatic rings. The Bertz CT molecular complexity index is 874. The summed E-state index contributed by atoms with van der Waals surface area (Å²) in [5.41, 5.74) is 0.912. The summed E-state index contributed by atoms with van der Waals surface area (Å²) in [6.07, 6.45) is 0. The number of nitrogens with zero attached hydrogens (tertiary/aromatic N) is 2. The summed E-state index contributed by atoms with van der Waals surface area (Å²) in [7, 11) is 1.57.